The molecule has 0 saturated heterocycles. The Morgan fingerprint density at radius 1 is 1.17 bits per heavy atom. The number of nitrogens with one attached hydrogen (secondary N) is 1. The van der Waals surface area contributed by atoms with E-state index in [-0.39, 0.29) is 31.9 Å². The van der Waals surface area contributed by atoms with Crippen LogP contribution in [0.25, 0.3) is 6.08 Å². The molecule has 0 fully saturated rings. The van der Waals surface area contributed by atoms with Gasteiger partial charge in [0.2, 0.25) is 0 Å². The molecule has 0 unspecified atom stereocenters. The third kappa shape index (κ3) is 3.92. The molecule has 0 aliphatic heterocycles. The van der Waals surface area contributed by atoms with E-state index < -0.39 is 17.4 Å². The maximum Gasteiger partial charge on any atom is 0.266 e. The Balaban J connectivity index is 2.33. The quantitative estimate of drug-likeness (QED) is 0.410. The molecule has 5 nitrogen and oxygen atoms in total. The Morgan fingerprint density at radius 2 is 1.88 bits per heavy atom. The molecule has 0 spiro atoms. The van der Waals surface area contributed by atoms with Gasteiger partial charge in [0.15, 0.2) is 11.5 Å². The minimum absolute atomic E-state index is 0.114. The predicted octanol–water partition coefficient (Wildman–Crippen LogP) is 4.60. The molecule has 0 aliphatic rings. The second-order valence-corrected chi connectivity index (χ2v) is 5.79. The van der Waals surface area contributed by atoms with Gasteiger partial charge in [-0.25, -0.2) is 0 Å². The predicted molar refractivity (Wildman–Crippen MR) is 93.5 cm³/mol. The molecular formula is C16H9Cl3N2O3. The average molecular weight is 384 g/mol. The molecule has 1 amide bonds. The molecule has 24 heavy (non-hydrogen) atoms. The van der Waals surface area contributed by atoms with Crippen molar-refractivity contribution in [1.29, 1.82) is 5.26 Å². The lowest BCUT2D eigenvalue weighted by molar-refractivity contribution is -0.112. The number of phenols is 2. The molecular weight excluding hydrogens is 375 g/mol. The van der Waals surface area contributed by atoms with Crippen molar-refractivity contribution in [3.8, 4) is 17.6 Å². The average Bonchev–Trinajstić information content (AvgIpc) is 2.54. The third-order valence-electron chi connectivity index (χ3n) is 2.94. The molecule has 8 heteroatoms. The molecule has 0 aromatic heterocycles. The SMILES string of the molecule is N#C/C(=C\c1cc(O)c(O)c(Cl)c1)C(=O)Nc1cccc(Cl)c1Cl. The number of nitriles is 1. The van der Waals surface area contributed by atoms with E-state index in [0.29, 0.717) is 0 Å². The zero-order valence-corrected chi connectivity index (χ0v) is 14.1. The number of hydrogen-bond donors (Lipinski definition) is 3. The first-order chi connectivity index (χ1) is 11.3. The fourth-order valence-corrected chi connectivity index (χ4v) is 2.36. The summed E-state index contributed by atoms with van der Waals surface area (Å²) in [6, 6.07) is 8.89. The number of hydrogen-bond acceptors (Lipinski definition) is 4. The van der Waals surface area contributed by atoms with E-state index in [1.807, 2.05) is 0 Å². The number of phenolic OH excluding ortho intramolecular Hbond substituents is 2. The molecule has 0 aliphatic carbocycles. The van der Waals surface area contributed by atoms with E-state index in [4.69, 9.17) is 40.1 Å². The van der Waals surface area contributed by atoms with E-state index in [2.05, 4.69) is 5.32 Å². The first-order valence-corrected chi connectivity index (χ1v) is 7.55. The lowest BCUT2D eigenvalue weighted by Crippen LogP contribution is -2.13. The number of rotatable bonds is 3. The fourth-order valence-electron chi connectivity index (χ4n) is 1.79. The van der Waals surface area contributed by atoms with Crippen LogP contribution in [0.3, 0.4) is 0 Å². The Kier molecular flexibility index (Phi) is 5.58. The highest BCUT2D eigenvalue weighted by Crippen LogP contribution is 2.35. The minimum atomic E-state index is -0.717. The van der Waals surface area contributed by atoms with Crippen LogP contribution in [0.2, 0.25) is 15.1 Å². The monoisotopic (exact) mass is 382 g/mol. The van der Waals surface area contributed by atoms with Crippen molar-refractivity contribution in [3.63, 3.8) is 0 Å². The van der Waals surface area contributed by atoms with Gasteiger partial charge in [-0.05, 0) is 35.9 Å². The highest BCUT2D eigenvalue weighted by atomic mass is 35.5. The molecule has 3 N–H and O–H groups in total. The van der Waals surface area contributed by atoms with Crippen LogP contribution < -0.4 is 5.32 Å². The smallest absolute Gasteiger partial charge is 0.266 e. The van der Waals surface area contributed by atoms with Gasteiger partial charge in [-0.3, -0.25) is 4.79 Å². The van der Waals surface area contributed by atoms with Crippen LogP contribution in [0, 0.1) is 11.3 Å². The van der Waals surface area contributed by atoms with Crippen molar-refractivity contribution in [2.45, 2.75) is 0 Å². The van der Waals surface area contributed by atoms with Crippen molar-refractivity contribution in [2.24, 2.45) is 0 Å². The summed E-state index contributed by atoms with van der Waals surface area (Å²) in [5.74, 6) is -1.67. The molecule has 0 atom stereocenters. The molecule has 0 radical (unpaired) electrons. The van der Waals surface area contributed by atoms with E-state index >= 15 is 0 Å². The number of anilines is 1. The molecule has 122 valence electrons. The first kappa shape index (κ1) is 18.0. The van der Waals surface area contributed by atoms with Crippen LogP contribution in [0.1, 0.15) is 5.56 Å². The summed E-state index contributed by atoms with van der Waals surface area (Å²) in [7, 11) is 0. The van der Waals surface area contributed by atoms with Gasteiger partial charge in [-0.2, -0.15) is 5.26 Å². The molecule has 2 aromatic carbocycles. The highest BCUT2D eigenvalue weighted by molar-refractivity contribution is 6.44. The fraction of sp³-hybridized carbons (Fsp3) is 0. The maximum atomic E-state index is 12.2. The van der Waals surface area contributed by atoms with Crippen LogP contribution in [-0.4, -0.2) is 16.1 Å². The van der Waals surface area contributed by atoms with E-state index in [9.17, 15) is 15.0 Å². The van der Waals surface area contributed by atoms with Gasteiger partial charge in [-0.15, -0.1) is 0 Å². The van der Waals surface area contributed by atoms with Crippen molar-refractivity contribution >= 4 is 52.5 Å². The Hall–Kier alpha value is -2.39. The first-order valence-electron chi connectivity index (χ1n) is 6.42. The van der Waals surface area contributed by atoms with Gasteiger partial charge in [0, 0.05) is 0 Å². The molecule has 2 aromatic rings. The zero-order chi connectivity index (χ0) is 17.9. The van der Waals surface area contributed by atoms with Crippen molar-refractivity contribution in [2.75, 3.05) is 5.32 Å². The molecule has 0 saturated carbocycles. The topological polar surface area (TPSA) is 93.3 Å². The largest absolute Gasteiger partial charge is 0.504 e. The van der Waals surface area contributed by atoms with Gasteiger partial charge >= 0.3 is 0 Å². The Bertz CT molecular complexity index is 866. The number of benzene rings is 2. The second kappa shape index (κ2) is 7.45. The van der Waals surface area contributed by atoms with Crippen molar-refractivity contribution in [3.05, 3.63) is 56.5 Å². The summed E-state index contributed by atoms with van der Waals surface area (Å²) < 4.78 is 0. The van der Waals surface area contributed by atoms with Crippen molar-refractivity contribution < 1.29 is 15.0 Å². The number of nitrogens with zero attached hydrogens (tertiary/aromatic N) is 1. The number of carbonyl (C=O) groups is 1. The van der Waals surface area contributed by atoms with Crippen molar-refractivity contribution in [1.82, 2.24) is 0 Å². The van der Waals surface area contributed by atoms with E-state index in [0.717, 1.165) is 6.07 Å². The maximum absolute atomic E-state index is 12.2. The molecule has 2 rings (SSSR count). The lowest BCUT2D eigenvalue weighted by Gasteiger charge is -2.08. The summed E-state index contributed by atoms with van der Waals surface area (Å²) in [6.07, 6.45) is 1.21. The van der Waals surface area contributed by atoms with E-state index in [1.54, 1.807) is 18.2 Å². The summed E-state index contributed by atoms with van der Waals surface area (Å²) in [5, 5.41) is 30.9. The number of amides is 1. The second-order valence-electron chi connectivity index (χ2n) is 4.60. The van der Waals surface area contributed by atoms with Gasteiger partial charge in [-0.1, -0.05) is 40.9 Å². The van der Waals surface area contributed by atoms with Crippen LogP contribution in [-0.2, 0) is 4.79 Å². The number of carbonyl (C=O) groups excluding carboxylic acids is 1. The van der Waals surface area contributed by atoms with Crippen LogP contribution in [0.4, 0.5) is 5.69 Å². The van der Waals surface area contributed by atoms with Crippen LogP contribution in [0.15, 0.2) is 35.9 Å². The zero-order valence-electron chi connectivity index (χ0n) is 11.8. The summed E-state index contributed by atoms with van der Waals surface area (Å²) in [5.41, 5.74) is 0.258. The lowest BCUT2D eigenvalue weighted by atomic mass is 10.1. The molecule has 0 bridgehead atoms. The van der Waals surface area contributed by atoms with Crippen LogP contribution >= 0.6 is 34.8 Å². The summed E-state index contributed by atoms with van der Waals surface area (Å²) >= 11 is 17.6. The highest BCUT2D eigenvalue weighted by Gasteiger charge is 2.14. The third-order valence-corrected chi connectivity index (χ3v) is 4.05. The summed E-state index contributed by atoms with van der Waals surface area (Å²) in [4.78, 5) is 12.2. The van der Waals surface area contributed by atoms with Crippen LogP contribution in [0.5, 0.6) is 11.5 Å². The van der Waals surface area contributed by atoms with E-state index in [1.165, 1.54) is 18.2 Å². The van der Waals surface area contributed by atoms with Gasteiger partial charge < -0.3 is 15.5 Å². The molecule has 0 heterocycles. The Morgan fingerprint density at radius 3 is 2.50 bits per heavy atom. The normalized spacial score (nSPS) is 11.0. The number of aromatic hydroxyl groups is 2. The minimum Gasteiger partial charge on any atom is -0.504 e. The van der Waals surface area contributed by atoms with Gasteiger partial charge in [0.1, 0.15) is 11.6 Å². The number of halogens is 3. The standard InChI is InChI=1S/C16H9Cl3N2O3/c17-10-2-1-3-12(14(10)19)21-16(24)9(7-20)4-8-5-11(18)15(23)13(22)6-8/h1-6,22-23H,(H,21,24)/b9-4+. The summed E-state index contributed by atoms with van der Waals surface area (Å²) in [6.45, 7) is 0. The van der Waals surface area contributed by atoms with Gasteiger partial charge in [0.25, 0.3) is 5.91 Å². The Labute approximate surface area is 152 Å². The van der Waals surface area contributed by atoms with Gasteiger partial charge in [0.05, 0.1) is 20.8 Å².